The lowest BCUT2D eigenvalue weighted by Crippen LogP contribution is -1.97. The Morgan fingerprint density at radius 3 is 2.18 bits per heavy atom. The second-order valence-corrected chi connectivity index (χ2v) is 5.31. The molecule has 6 heteroatoms. The maximum Gasteiger partial charge on any atom is 0.203 e. The molecular weight excluding hydrogens is 300 g/mol. The molecule has 0 bridgehead atoms. The van der Waals surface area contributed by atoms with Crippen LogP contribution < -0.4 is 14.2 Å². The Kier molecular flexibility index (Phi) is 5.66. The van der Waals surface area contributed by atoms with Gasteiger partial charge in [0.1, 0.15) is 5.03 Å². The van der Waals surface area contributed by atoms with Gasteiger partial charge in [0.15, 0.2) is 11.5 Å². The fraction of sp³-hybridized carbons (Fsp3) is 0.250. The first-order valence-corrected chi connectivity index (χ1v) is 7.59. The highest BCUT2D eigenvalue weighted by atomic mass is 32.2. The van der Waals surface area contributed by atoms with Crippen LogP contribution in [0.5, 0.6) is 17.2 Å². The van der Waals surface area contributed by atoms with E-state index in [-0.39, 0.29) is 0 Å². The Morgan fingerprint density at radius 1 is 1.05 bits per heavy atom. The van der Waals surface area contributed by atoms with E-state index >= 15 is 0 Å². The molecule has 0 amide bonds. The lowest BCUT2D eigenvalue weighted by molar-refractivity contribution is 0.324. The minimum Gasteiger partial charge on any atom is -0.493 e. The van der Waals surface area contributed by atoms with Crippen molar-refractivity contribution in [2.24, 2.45) is 0 Å². The van der Waals surface area contributed by atoms with E-state index in [1.165, 1.54) is 0 Å². The summed E-state index contributed by atoms with van der Waals surface area (Å²) in [7, 11) is 4.75. The highest BCUT2D eigenvalue weighted by Crippen LogP contribution is 2.40. The molecular formula is C16H18N2O3S. The van der Waals surface area contributed by atoms with E-state index < -0.39 is 0 Å². The first kappa shape index (κ1) is 16.2. The molecule has 0 atom stereocenters. The van der Waals surface area contributed by atoms with E-state index in [4.69, 9.17) is 14.2 Å². The van der Waals surface area contributed by atoms with Gasteiger partial charge in [-0.15, -0.1) is 28.5 Å². The highest BCUT2D eigenvalue weighted by Gasteiger charge is 2.14. The van der Waals surface area contributed by atoms with Crippen molar-refractivity contribution < 1.29 is 14.2 Å². The van der Waals surface area contributed by atoms with Gasteiger partial charge >= 0.3 is 0 Å². The largest absolute Gasteiger partial charge is 0.493 e. The molecule has 22 heavy (non-hydrogen) atoms. The molecule has 0 aliphatic heterocycles. The van der Waals surface area contributed by atoms with Gasteiger partial charge in [0.05, 0.1) is 27.0 Å². The fourth-order valence-electron chi connectivity index (χ4n) is 1.92. The molecule has 0 aliphatic rings. The number of thioether (sulfide) groups is 1. The van der Waals surface area contributed by atoms with Crippen molar-refractivity contribution in [2.45, 2.75) is 5.03 Å². The van der Waals surface area contributed by atoms with E-state index in [0.717, 1.165) is 22.0 Å². The molecule has 2 aromatic rings. The van der Waals surface area contributed by atoms with Crippen LogP contribution in [0.15, 0.2) is 41.9 Å². The number of rotatable bonds is 7. The van der Waals surface area contributed by atoms with Crippen LogP contribution in [0.1, 0.15) is 0 Å². The quantitative estimate of drug-likeness (QED) is 0.576. The summed E-state index contributed by atoms with van der Waals surface area (Å²) >= 11 is 1.58. The summed E-state index contributed by atoms with van der Waals surface area (Å²) < 4.78 is 16.0. The van der Waals surface area contributed by atoms with Gasteiger partial charge in [-0.25, -0.2) is 0 Å². The molecule has 0 N–H and O–H groups in total. The lowest BCUT2D eigenvalue weighted by Gasteiger charge is -2.13. The average molecular weight is 318 g/mol. The highest BCUT2D eigenvalue weighted by molar-refractivity contribution is 7.99. The molecule has 0 saturated carbocycles. The molecule has 1 aromatic carbocycles. The van der Waals surface area contributed by atoms with Gasteiger partial charge in [-0.1, -0.05) is 6.08 Å². The van der Waals surface area contributed by atoms with Crippen LogP contribution in [0.2, 0.25) is 0 Å². The molecule has 1 aromatic heterocycles. The zero-order valence-electron chi connectivity index (χ0n) is 12.8. The summed E-state index contributed by atoms with van der Waals surface area (Å²) in [5.41, 5.74) is 1.59. The lowest BCUT2D eigenvalue weighted by atomic mass is 10.1. The van der Waals surface area contributed by atoms with Crippen molar-refractivity contribution in [1.29, 1.82) is 0 Å². The summed E-state index contributed by atoms with van der Waals surface area (Å²) in [6.45, 7) is 3.69. The molecule has 1 heterocycles. The minimum atomic E-state index is 0.555. The predicted octanol–water partition coefficient (Wildman–Crippen LogP) is 3.45. The number of hydrogen-bond donors (Lipinski definition) is 0. The average Bonchev–Trinajstić information content (AvgIpc) is 2.58. The van der Waals surface area contributed by atoms with Crippen LogP contribution in [-0.4, -0.2) is 37.3 Å². The Labute approximate surface area is 134 Å². The number of benzene rings is 1. The van der Waals surface area contributed by atoms with E-state index in [2.05, 4.69) is 16.8 Å². The van der Waals surface area contributed by atoms with Crippen molar-refractivity contribution in [3.63, 3.8) is 0 Å². The summed E-state index contributed by atoms with van der Waals surface area (Å²) in [6.07, 6.45) is 1.83. The first-order chi connectivity index (χ1) is 10.7. The molecule has 0 spiro atoms. The van der Waals surface area contributed by atoms with Crippen LogP contribution in [0.4, 0.5) is 0 Å². The molecule has 116 valence electrons. The second-order valence-electron chi connectivity index (χ2n) is 4.27. The van der Waals surface area contributed by atoms with Gasteiger partial charge < -0.3 is 14.2 Å². The van der Waals surface area contributed by atoms with Crippen molar-refractivity contribution in [3.8, 4) is 28.5 Å². The van der Waals surface area contributed by atoms with Gasteiger partial charge in [0.2, 0.25) is 5.75 Å². The van der Waals surface area contributed by atoms with Crippen LogP contribution in [0.3, 0.4) is 0 Å². The molecule has 5 nitrogen and oxygen atoms in total. The van der Waals surface area contributed by atoms with Crippen molar-refractivity contribution in [1.82, 2.24) is 10.2 Å². The van der Waals surface area contributed by atoms with E-state index in [9.17, 15) is 0 Å². The molecule has 0 fully saturated rings. The summed E-state index contributed by atoms with van der Waals surface area (Å²) in [5, 5.41) is 9.31. The van der Waals surface area contributed by atoms with E-state index in [1.807, 2.05) is 30.3 Å². The number of hydrogen-bond acceptors (Lipinski definition) is 6. The third-order valence-electron chi connectivity index (χ3n) is 2.95. The van der Waals surface area contributed by atoms with Crippen LogP contribution >= 0.6 is 11.8 Å². The smallest absolute Gasteiger partial charge is 0.203 e. The minimum absolute atomic E-state index is 0.555. The van der Waals surface area contributed by atoms with E-state index in [0.29, 0.717) is 17.2 Å². The molecule has 0 radical (unpaired) electrons. The maximum absolute atomic E-state index is 5.35. The van der Waals surface area contributed by atoms with Gasteiger partial charge in [0.25, 0.3) is 0 Å². The van der Waals surface area contributed by atoms with Gasteiger partial charge in [-0.05, 0) is 24.3 Å². The van der Waals surface area contributed by atoms with Gasteiger partial charge in [0, 0.05) is 11.3 Å². The Balaban J connectivity index is 2.37. The van der Waals surface area contributed by atoms with Crippen molar-refractivity contribution >= 4 is 11.8 Å². The standard InChI is InChI=1S/C16H18N2O3S/c1-5-8-22-15-7-6-12(17-18-15)11-9-13(19-2)16(21-4)14(10-11)20-3/h5-7,9-10H,1,8H2,2-4H3. The molecule has 0 aliphatic carbocycles. The first-order valence-electron chi connectivity index (χ1n) is 6.61. The Bertz CT molecular complexity index is 619. The van der Waals surface area contributed by atoms with Gasteiger partial charge in [-0.3, -0.25) is 0 Å². The number of ether oxygens (including phenoxy) is 3. The Morgan fingerprint density at radius 2 is 1.73 bits per heavy atom. The fourth-order valence-corrected chi connectivity index (χ4v) is 2.48. The number of methoxy groups -OCH3 is 3. The predicted molar refractivity (Wildman–Crippen MR) is 88.0 cm³/mol. The number of aromatic nitrogens is 2. The third kappa shape index (κ3) is 3.51. The molecule has 0 unspecified atom stereocenters. The summed E-state index contributed by atoms with van der Waals surface area (Å²) in [6, 6.07) is 7.54. The topological polar surface area (TPSA) is 53.5 Å². The third-order valence-corrected chi connectivity index (χ3v) is 3.87. The van der Waals surface area contributed by atoms with Crippen LogP contribution in [-0.2, 0) is 0 Å². The monoisotopic (exact) mass is 318 g/mol. The zero-order chi connectivity index (χ0) is 15.9. The van der Waals surface area contributed by atoms with Crippen LogP contribution in [0.25, 0.3) is 11.3 Å². The second kappa shape index (κ2) is 7.70. The number of nitrogens with zero attached hydrogens (tertiary/aromatic N) is 2. The van der Waals surface area contributed by atoms with Crippen LogP contribution in [0, 0.1) is 0 Å². The molecule has 2 rings (SSSR count). The normalized spacial score (nSPS) is 10.1. The Hall–Kier alpha value is -2.21. The SMILES string of the molecule is C=CCSc1ccc(-c2cc(OC)c(OC)c(OC)c2)nn1. The van der Waals surface area contributed by atoms with Crippen molar-refractivity contribution in [2.75, 3.05) is 27.1 Å². The zero-order valence-corrected chi connectivity index (χ0v) is 13.6. The summed E-state index contributed by atoms with van der Waals surface area (Å²) in [5.74, 6) is 2.53. The van der Waals surface area contributed by atoms with Gasteiger partial charge in [-0.2, -0.15) is 0 Å². The van der Waals surface area contributed by atoms with Crippen molar-refractivity contribution in [3.05, 3.63) is 36.9 Å². The maximum atomic E-state index is 5.35. The summed E-state index contributed by atoms with van der Waals surface area (Å²) in [4.78, 5) is 0. The van der Waals surface area contributed by atoms with E-state index in [1.54, 1.807) is 33.1 Å². The molecule has 0 saturated heterocycles.